The van der Waals surface area contributed by atoms with Crippen molar-refractivity contribution in [3.05, 3.63) is 51.7 Å². The van der Waals surface area contributed by atoms with Gasteiger partial charge in [0.1, 0.15) is 5.75 Å². The van der Waals surface area contributed by atoms with Crippen molar-refractivity contribution >= 4 is 11.3 Å². The number of para-hydroxylation sites is 1. The van der Waals surface area contributed by atoms with Gasteiger partial charge in [0.2, 0.25) is 0 Å². The minimum atomic E-state index is 0.0311. The van der Waals surface area contributed by atoms with E-state index in [1.54, 1.807) is 11.3 Å². The molecule has 0 spiro atoms. The lowest BCUT2D eigenvalue weighted by Gasteiger charge is -2.17. The van der Waals surface area contributed by atoms with Gasteiger partial charge in [-0.25, -0.2) is 0 Å². The van der Waals surface area contributed by atoms with E-state index in [9.17, 15) is 0 Å². The van der Waals surface area contributed by atoms with E-state index in [2.05, 4.69) is 24.4 Å². The fourth-order valence-corrected chi connectivity index (χ4v) is 3.11. The van der Waals surface area contributed by atoms with Crippen molar-refractivity contribution in [1.29, 1.82) is 0 Å². The molecule has 1 aromatic carbocycles. The van der Waals surface area contributed by atoms with Crippen molar-refractivity contribution < 1.29 is 4.74 Å². The normalized spacial score (nSPS) is 19.8. The van der Waals surface area contributed by atoms with E-state index in [1.807, 2.05) is 18.2 Å². The number of benzene rings is 1. The van der Waals surface area contributed by atoms with Crippen molar-refractivity contribution in [1.82, 2.24) is 0 Å². The third-order valence-corrected chi connectivity index (χ3v) is 4.19. The van der Waals surface area contributed by atoms with Crippen molar-refractivity contribution in [2.24, 2.45) is 5.73 Å². The van der Waals surface area contributed by atoms with E-state index < -0.39 is 0 Å². The van der Waals surface area contributed by atoms with Crippen LogP contribution in [0.3, 0.4) is 0 Å². The summed E-state index contributed by atoms with van der Waals surface area (Å²) in [4.78, 5) is 1.31. The molecule has 2 heterocycles. The van der Waals surface area contributed by atoms with Crippen LogP contribution in [0.4, 0.5) is 0 Å². The van der Waals surface area contributed by atoms with Gasteiger partial charge in [0.15, 0.2) is 0 Å². The Morgan fingerprint density at radius 3 is 3.00 bits per heavy atom. The van der Waals surface area contributed by atoms with Crippen LogP contribution in [0.15, 0.2) is 35.7 Å². The fraction of sp³-hybridized carbons (Fsp3) is 0.286. The lowest BCUT2D eigenvalue weighted by molar-refractivity contribution is 0.315. The Balaban J connectivity index is 1.92. The molecule has 0 radical (unpaired) electrons. The average Bonchev–Trinajstić information content (AvgIpc) is 2.94. The molecule has 0 fully saturated rings. The molecule has 2 N–H and O–H groups in total. The second-order valence-corrected chi connectivity index (χ2v) is 5.59. The van der Waals surface area contributed by atoms with Gasteiger partial charge in [0.25, 0.3) is 0 Å². The van der Waals surface area contributed by atoms with Crippen LogP contribution in [0.2, 0.25) is 0 Å². The maximum Gasteiger partial charge on any atom is 0.122 e. The number of thiophene rings is 1. The molecule has 3 heteroatoms. The molecule has 2 unspecified atom stereocenters. The molecule has 0 saturated carbocycles. The number of rotatable bonds is 2. The van der Waals surface area contributed by atoms with Gasteiger partial charge in [-0.1, -0.05) is 18.2 Å². The zero-order valence-electron chi connectivity index (χ0n) is 9.72. The number of aryl methyl sites for hydroxylation is 1. The third kappa shape index (κ3) is 1.85. The van der Waals surface area contributed by atoms with Crippen LogP contribution in [-0.2, 0) is 0 Å². The summed E-state index contributed by atoms with van der Waals surface area (Å²) in [6, 6.07) is 10.4. The molecule has 1 aliphatic rings. The summed E-state index contributed by atoms with van der Waals surface area (Å²) in [5.74, 6) is 1.26. The topological polar surface area (TPSA) is 35.2 Å². The molecule has 88 valence electrons. The van der Waals surface area contributed by atoms with Gasteiger partial charge in [0, 0.05) is 22.4 Å². The highest BCUT2D eigenvalue weighted by Crippen LogP contribution is 2.40. The Kier molecular flexibility index (Phi) is 2.65. The summed E-state index contributed by atoms with van der Waals surface area (Å²) >= 11 is 1.75. The van der Waals surface area contributed by atoms with Gasteiger partial charge in [-0.3, -0.25) is 0 Å². The van der Waals surface area contributed by atoms with Crippen molar-refractivity contribution in [2.45, 2.75) is 18.9 Å². The monoisotopic (exact) mass is 245 g/mol. The summed E-state index contributed by atoms with van der Waals surface area (Å²) in [6.45, 7) is 2.80. The fourth-order valence-electron chi connectivity index (χ4n) is 2.36. The molecule has 0 aliphatic carbocycles. The van der Waals surface area contributed by atoms with Gasteiger partial charge in [-0.15, -0.1) is 11.3 Å². The lowest BCUT2D eigenvalue weighted by Crippen LogP contribution is -2.20. The lowest BCUT2D eigenvalue weighted by atomic mass is 9.90. The van der Waals surface area contributed by atoms with Crippen molar-refractivity contribution in [2.75, 3.05) is 6.61 Å². The Morgan fingerprint density at radius 1 is 1.41 bits per heavy atom. The molecule has 0 bridgehead atoms. The van der Waals surface area contributed by atoms with Crippen LogP contribution < -0.4 is 10.5 Å². The first-order chi connectivity index (χ1) is 8.25. The van der Waals surface area contributed by atoms with Crippen LogP contribution in [0, 0.1) is 6.92 Å². The van der Waals surface area contributed by atoms with Crippen molar-refractivity contribution in [3.8, 4) is 5.75 Å². The minimum Gasteiger partial charge on any atom is -0.493 e. The number of ether oxygens (including phenoxy) is 1. The minimum absolute atomic E-state index is 0.0311. The highest BCUT2D eigenvalue weighted by atomic mass is 32.1. The highest BCUT2D eigenvalue weighted by Gasteiger charge is 2.30. The average molecular weight is 245 g/mol. The molecular formula is C14H15NOS. The summed E-state index contributed by atoms with van der Waals surface area (Å²) in [6.07, 6.45) is 0. The predicted molar refractivity (Wildman–Crippen MR) is 70.7 cm³/mol. The van der Waals surface area contributed by atoms with Gasteiger partial charge in [-0.05, 0) is 30.0 Å². The first kappa shape index (κ1) is 10.8. The first-order valence-electron chi connectivity index (χ1n) is 5.78. The zero-order valence-corrected chi connectivity index (χ0v) is 10.5. The molecule has 2 aromatic rings. The molecule has 1 aliphatic heterocycles. The molecule has 3 rings (SSSR count). The molecule has 2 nitrogen and oxygen atoms in total. The second kappa shape index (κ2) is 4.17. The number of hydrogen-bond acceptors (Lipinski definition) is 3. The Labute approximate surface area is 105 Å². The molecule has 2 atom stereocenters. The molecule has 1 aromatic heterocycles. The molecular weight excluding hydrogens is 230 g/mol. The van der Waals surface area contributed by atoms with Crippen LogP contribution in [0.5, 0.6) is 5.75 Å². The van der Waals surface area contributed by atoms with E-state index in [0.29, 0.717) is 6.61 Å². The van der Waals surface area contributed by atoms with Crippen LogP contribution in [-0.4, -0.2) is 6.61 Å². The first-order valence-corrected chi connectivity index (χ1v) is 6.66. The molecule has 17 heavy (non-hydrogen) atoms. The largest absolute Gasteiger partial charge is 0.493 e. The summed E-state index contributed by atoms with van der Waals surface area (Å²) in [5, 5.41) is 2.15. The second-order valence-electron chi connectivity index (χ2n) is 4.47. The van der Waals surface area contributed by atoms with E-state index in [-0.39, 0.29) is 12.0 Å². The molecule has 0 amide bonds. The standard InChI is InChI=1S/C14H15NOS/c1-9-6-10(8-17-9)14(15)12-7-16-13-5-3-2-4-11(12)13/h2-6,8,12,14H,7,15H2,1H3. The third-order valence-electron chi connectivity index (χ3n) is 3.31. The van der Waals surface area contributed by atoms with Gasteiger partial charge < -0.3 is 10.5 Å². The van der Waals surface area contributed by atoms with E-state index in [0.717, 1.165) is 5.75 Å². The van der Waals surface area contributed by atoms with E-state index in [1.165, 1.54) is 16.0 Å². The van der Waals surface area contributed by atoms with Gasteiger partial charge in [-0.2, -0.15) is 0 Å². The molecule has 0 saturated heterocycles. The SMILES string of the molecule is Cc1cc(C(N)C2COc3ccccc32)cs1. The van der Waals surface area contributed by atoms with Crippen LogP contribution >= 0.6 is 11.3 Å². The van der Waals surface area contributed by atoms with E-state index in [4.69, 9.17) is 10.5 Å². The van der Waals surface area contributed by atoms with Gasteiger partial charge in [0.05, 0.1) is 6.61 Å². The summed E-state index contributed by atoms with van der Waals surface area (Å²) in [5.41, 5.74) is 8.81. The Hall–Kier alpha value is -1.32. The van der Waals surface area contributed by atoms with Crippen LogP contribution in [0.1, 0.15) is 28.0 Å². The summed E-state index contributed by atoms with van der Waals surface area (Å²) in [7, 11) is 0. The summed E-state index contributed by atoms with van der Waals surface area (Å²) < 4.78 is 5.68. The number of nitrogens with two attached hydrogens (primary N) is 1. The van der Waals surface area contributed by atoms with Crippen molar-refractivity contribution in [3.63, 3.8) is 0 Å². The van der Waals surface area contributed by atoms with Crippen LogP contribution in [0.25, 0.3) is 0 Å². The maximum absolute atomic E-state index is 6.36. The Morgan fingerprint density at radius 2 is 2.24 bits per heavy atom. The maximum atomic E-state index is 6.36. The smallest absolute Gasteiger partial charge is 0.122 e. The number of fused-ring (bicyclic) bond motifs is 1. The number of hydrogen-bond donors (Lipinski definition) is 1. The zero-order chi connectivity index (χ0) is 11.8. The Bertz CT molecular complexity index is 535. The van der Waals surface area contributed by atoms with Gasteiger partial charge >= 0.3 is 0 Å². The quantitative estimate of drug-likeness (QED) is 0.881. The predicted octanol–water partition coefficient (Wildman–Crippen LogP) is 3.23. The highest BCUT2D eigenvalue weighted by molar-refractivity contribution is 7.10. The van der Waals surface area contributed by atoms with E-state index >= 15 is 0 Å².